The molecule has 1 aliphatic heterocycles. The molecule has 92 valence electrons. The fourth-order valence-electron chi connectivity index (χ4n) is 2.40. The van der Waals surface area contributed by atoms with Crippen molar-refractivity contribution in [3.05, 3.63) is 41.6 Å². The SMILES string of the molecule is Cc1ccc(-c2ccc3c(c2)NCC3(C)C)nn1. The Morgan fingerprint density at radius 3 is 2.67 bits per heavy atom. The molecule has 0 aliphatic carbocycles. The maximum Gasteiger partial charge on any atom is 0.0930 e. The van der Waals surface area contributed by atoms with Gasteiger partial charge in [0.2, 0.25) is 0 Å². The zero-order valence-electron chi connectivity index (χ0n) is 11.0. The summed E-state index contributed by atoms with van der Waals surface area (Å²) in [5, 5.41) is 11.8. The molecule has 0 fully saturated rings. The molecule has 0 unspecified atom stereocenters. The second-order valence-electron chi connectivity index (χ2n) is 5.56. The Morgan fingerprint density at radius 2 is 1.94 bits per heavy atom. The highest BCUT2D eigenvalue weighted by Gasteiger charge is 2.29. The van der Waals surface area contributed by atoms with Crippen molar-refractivity contribution < 1.29 is 0 Å². The van der Waals surface area contributed by atoms with Gasteiger partial charge in [-0.15, -0.1) is 0 Å². The molecule has 0 atom stereocenters. The fraction of sp³-hybridized carbons (Fsp3) is 0.333. The van der Waals surface area contributed by atoms with Crippen molar-refractivity contribution >= 4 is 5.69 Å². The van der Waals surface area contributed by atoms with Crippen molar-refractivity contribution in [3.63, 3.8) is 0 Å². The van der Waals surface area contributed by atoms with Crippen LogP contribution in [0.15, 0.2) is 30.3 Å². The monoisotopic (exact) mass is 239 g/mol. The van der Waals surface area contributed by atoms with E-state index in [1.54, 1.807) is 0 Å². The van der Waals surface area contributed by atoms with E-state index in [1.165, 1.54) is 11.3 Å². The summed E-state index contributed by atoms with van der Waals surface area (Å²) >= 11 is 0. The highest BCUT2D eigenvalue weighted by Crippen LogP contribution is 2.38. The van der Waals surface area contributed by atoms with E-state index in [9.17, 15) is 0 Å². The Labute approximate surface area is 107 Å². The number of fused-ring (bicyclic) bond motifs is 1. The highest BCUT2D eigenvalue weighted by atomic mass is 15.1. The van der Waals surface area contributed by atoms with Crippen LogP contribution in [0.2, 0.25) is 0 Å². The van der Waals surface area contributed by atoms with E-state index in [0.717, 1.165) is 23.5 Å². The topological polar surface area (TPSA) is 37.8 Å². The second kappa shape index (κ2) is 3.80. The van der Waals surface area contributed by atoms with Crippen LogP contribution in [0.1, 0.15) is 25.1 Å². The summed E-state index contributed by atoms with van der Waals surface area (Å²) in [7, 11) is 0. The standard InChI is InChI=1S/C15H17N3/c1-10-4-7-13(18-17-10)11-5-6-12-14(8-11)16-9-15(12,2)3/h4-8,16H,9H2,1-3H3. The number of hydrogen-bond acceptors (Lipinski definition) is 3. The predicted octanol–water partition coefficient (Wildman–Crippen LogP) is 3.16. The first-order valence-electron chi connectivity index (χ1n) is 6.25. The minimum Gasteiger partial charge on any atom is -0.384 e. The van der Waals surface area contributed by atoms with Crippen molar-refractivity contribution in [2.45, 2.75) is 26.2 Å². The summed E-state index contributed by atoms with van der Waals surface area (Å²) in [5.74, 6) is 0. The molecule has 0 saturated heterocycles. The van der Waals surface area contributed by atoms with E-state index in [0.29, 0.717) is 0 Å². The molecule has 1 aromatic heterocycles. The number of aromatic nitrogens is 2. The molecule has 3 nitrogen and oxygen atoms in total. The van der Waals surface area contributed by atoms with E-state index in [1.807, 2.05) is 19.1 Å². The van der Waals surface area contributed by atoms with E-state index < -0.39 is 0 Å². The Balaban J connectivity index is 2.04. The van der Waals surface area contributed by atoms with Gasteiger partial charge in [0.1, 0.15) is 0 Å². The van der Waals surface area contributed by atoms with Gasteiger partial charge in [0, 0.05) is 23.2 Å². The molecular formula is C15H17N3. The molecule has 3 rings (SSSR count). The summed E-state index contributed by atoms with van der Waals surface area (Å²) < 4.78 is 0. The Morgan fingerprint density at radius 1 is 1.11 bits per heavy atom. The molecule has 1 N–H and O–H groups in total. The van der Waals surface area contributed by atoms with Crippen LogP contribution in [0.5, 0.6) is 0 Å². The number of rotatable bonds is 1. The lowest BCUT2D eigenvalue weighted by Crippen LogP contribution is -2.18. The van der Waals surface area contributed by atoms with Crippen molar-refractivity contribution in [1.29, 1.82) is 0 Å². The molecule has 18 heavy (non-hydrogen) atoms. The van der Waals surface area contributed by atoms with E-state index >= 15 is 0 Å². The zero-order valence-corrected chi connectivity index (χ0v) is 11.0. The van der Waals surface area contributed by atoms with Gasteiger partial charge in [0.15, 0.2) is 0 Å². The summed E-state index contributed by atoms with van der Waals surface area (Å²) in [6.45, 7) is 7.46. The maximum atomic E-state index is 4.23. The Kier molecular flexibility index (Phi) is 2.37. The van der Waals surface area contributed by atoms with Crippen LogP contribution in [-0.4, -0.2) is 16.7 Å². The van der Waals surface area contributed by atoms with Crippen LogP contribution >= 0.6 is 0 Å². The van der Waals surface area contributed by atoms with Crippen LogP contribution in [-0.2, 0) is 5.41 Å². The van der Waals surface area contributed by atoms with Crippen LogP contribution < -0.4 is 5.32 Å². The molecule has 0 radical (unpaired) electrons. The zero-order chi connectivity index (χ0) is 12.8. The van der Waals surface area contributed by atoms with Crippen molar-refractivity contribution in [3.8, 4) is 11.3 Å². The average Bonchev–Trinajstić information content (AvgIpc) is 2.66. The van der Waals surface area contributed by atoms with Gasteiger partial charge in [-0.05, 0) is 30.7 Å². The largest absolute Gasteiger partial charge is 0.384 e. The van der Waals surface area contributed by atoms with Crippen molar-refractivity contribution in [2.75, 3.05) is 11.9 Å². The van der Waals surface area contributed by atoms with Crippen molar-refractivity contribution in [2.24, 2.45) is 0 Å². The quantitative estimate of drug-likeness (QED) is 0.830. The Hall–Kier alpha value is -1.90. The van der Waals surface area contributed by atoms with E-state index in [4.69, 9.17) is 0 Å². The first kappa shape index (κ1) is 11.2. The molecule has 2 heterocycles. The van der Waals surface area contributed by atoms with Gasteiger partial charge in [-0.2, -0.15) is 10.2 Å². The predicted molar refractivity (Wildman–Crippen MR) is 73.7 cm³/mol. The molecule has 0 amide bonds. The van der Waals surface area contributed by atoms with E-state index in [-0.39, 0.29) is 5.41 Å². The van der Waals surface area contributed by atoms with Crippen LogP contribution in [0.3, 0.4) is 0 Å². The third-order valence-electron chi connectivity index (χ3n) is 3.56. The van der Waals surface area contributed by atoms with Gasteiger partial charge < -0.3 is 5.32 Å². The Bertz CT molecular complexity index is 585. The molecule has 3 heteroatoms. The highest BCUT2D eigenvalue weighted by molar-refractivity contribution is 5.70. The number of aryl methyl sites for hydroxylation is 1. The summed E-state index contributed by atoms with van der Waals surface area (Å²) in [5.41, 5.74) is 5.80. The molecule has 1 aliphatic rings. The van der Waals surface area contributed by atoms with Gasteiger partial charge in [0.25, 0.3) is 0 Å². The third kappa shape index (κ3) is 1.76. The molecule has 1 aromatic carbocycles. The lowest BCUT2D eigenvalue weighted by atomic mass is 9.86. The number of hydrogen-bond donors (Lipinski definition) is 1. The van der Waals surface area contributed by atoms with Gasteiger partial charge in [-0.25, -0.2) is 0 Å². The average molecular weight is 239 g/mol. The summed E-state index contributed by atoms with van der Waals surface area (Å²) in [6, 6.07) is 10.5. The van der Waals surface area contributed by atoms with Gasteiger partial charge >= 0.3 is 0 Å². The number of nitrogens with one attached hydrogen (secondary N) is 1. The van der Waals surface area contributed by atoms with Gasteiger partial charge in [-0.1, -0.05) is 26.0 Å². The fourth-order valence-corrected chi connectivity index (χ4v) is 2.40. The molecule has 0 saturated carbocycles. The second-order valence-corrected chi connectivity index (χ2v) is 5.56. The first-order chi connectivity index (χ1) is 8.56. The number of anilines is 1. The smallest absolute Gasteiger partial charge is 0.0930 e. The minimum atomic E-state index is 0.215. The molecule has 0 bridgehead atoms. The van der Waals surface area contributed by atoms with Gasteiger partial charge in [0.05, 0.1) is 11.4 Å². The minimum absolute atomic E-state index is 0.215. The third-order valence-corrected chi connectivity index (χ3v) is 3.56. The number of benzene rings is 1. The van der Waals surface area contributed by atoms with Crippen LogP contribution in [0.4, 0.5) is 5.69 Å². The van der Waals surface area contributed by atoms with E-state index in [2.05, 4.69) is 47.6 Å². The maximum absolute atomic E-state index is 4.23. The lowest BCUT2D eigenvalue weighted by molar-refractivity contribution is 0.586. The van der Waals surface area contributed by atoms with Crippen molar-refractivity contribution in [1.82, 2.24) is 10.2 Å². The molecular weight excluding hydrogens is 222 g/mol. The van der Waals surface area contributed by atoms with Gasteiger partial charge in [-0.3, -0.25) is 0 Å². The lowest BCUT2D eigenvalue weighted by Gasteiger charge is -2.16. The normalized spacial score (nSPS) is 16.2. The summed E-state index contributed by atoms with van der Waals surface area (Å²) in [6.07, 6.45) is 0. The first-order valence-corrected chi connectivity index (χ1v) is 6.25. The molecule has 2 aromatic rings. The van der Waals surface area contributed by atoms with Crippen LogP contribution in [0, 0.1) is 6.92 Å². The molecule has 0 spiro atoms. The van der Waals surface area contributed by atoms with Crippen LogP contribution in [0.25, 0.3) is 11.3 Å². The number of nitrogens with zero attached hydrogens (tertiary/aromatic N) is 2. The summed E-state index contributed by atoms with van der Waals surface area (Å²) in [4.78, 5) is 0.